The van der Waals surface area contributed by atoms with Gasteiger partial charge in [0, 0.05) is 23.6 Å². The maximum absolute atomic E-state index is 14.3. The van der Waals surface area contributed by atoms with E-state index < -0.39 is 17.7 Å². The Morgan fingerprint density at radius 1 is 0.970 bits per heavy atom. The Bertz CT molecular complexity index is 1310. The zero-order chi connectivity index (χ0) is 22.9. The van der Waals surface area contributed by atoms with Gasteiger partial charge in [-0.3, -0.25) is 0 Å². The molecule has 166 valence electrons. The van der Waals surface area contributed by atoms with Gasteiger partial charge in [-0.1, -0.05) is 43.3 Å². The number of para-hydroxylation sites is 2. The molecule has 1 aliphatic heterocycles. The summed E-state index contributed by atoms with van der Waals surface area (Å²) in [6.07, 6.45) is 2.67. The molecule has 0 unspecified atom stereocenters. The number of benzene rings is 3. The van der Waals surface area contributed by atoms with Gasteiger partial charge < -0.3 is 14.8 Å². The number of nitrogens with one attached hydrogen (secondary N) is 1. The Hall–Kier alpha value is -3.93. The van der Waals surface area contributed by atoms with Gasteiger partial charge >= 0.3 is 6.03 Å². The van der Waals surface area contributed by atoms with Gasteiger partial charge in [-0.2, -0.15) is 0 Å². The number of hydrogen-bond donors (Lipinski definition) is 1. The lowest BCUT2D eigenvalue weighted by Crippen LogP contribution is -2.38. The van der Waals surface area contributed by atoms with E-state index in [0.29, 0.717) is 5.56 Å². The number of fused-ring (bicyclic) bond motifs is 3. The highest BCUT2D eigenvalue weighted by Crippen LogP contribution is 2.37. The van der Waals surface area contributed by atoms with Crippen molar-refractivity contribution < 1.29 is 13.6 Å². The maximum atomic E-state index is 14.3. The largest absolute Gasteiger partial charge is 0.322 e. The van der Waals surface area contributed by atoms with Crippen molar-refractivity contribution in [1.29, 1.82) is 0 Å². The maximum Gasteiger partial charge on any atom is 0.322 e. The molecule has 5 rings (SSSR count). The van der Waals surface area contributed by atoms with E-state index in [2.05, 4.69) is 5.32 Å². The third-order valence-electron chi connectivity index (χ3n) is 6.07. The number of aryl methyl sites for hydroxylation is 1. The first-order valence-corrected chi connectivity index (χ1v) is 10.9. The van der Waals surface area contributed by atoms with Crippen LogP contribution in [0.3, 0.4) is 0 Å². The number of anilines is 1. The highest BCUT2D eigenvalue weighted by molar-refractivity contribution is 5.91. The van der Waals surface area contributed by atoms with Gasteiger partial charge in [-0.05, 0) is 59.5 Å². The van der Waals surface area contributed by atoms with Crippen LogP contribution in [0, 0.1) is 11.6 Å². The van der Waals surface area contributed by atoms with Gasteiger partial charge in [0.15, 0.2) is 0 Å². The van der Waals surface area contributed by atoms with Crippen LogP contribution in [0.4, 0.5) is 19.3 Å². The fraction of sp³-hybridized carbons (Fsp3) is 0.148. The van der Waals surface area contributed by atoms with Gasteiger partial charge in [0.1, 0.15) is 11.6 Å². The Labute approximate surface area is 191 Å². The second-order valence-electron chi connectivity index (χ2n) is 8.11. The Morgan fingerprint density at radius 2 is 1.70 bits per heavy atom. The van der Waals surface area contributed by atoms with Crippen LogP contribution in [0.15, 0.2) is 85.1 Å². The van der Waals surface area contributed by atoms with Crippen LogP contribution >= 0.6 is 0 Å². The summed E-state index contributed by atoms with van der Waals surface area (Å²) < 4.78 is 30.5. The molecule has 2 heterocycles. The lowest BCUT2D eigenvalue weighted by molar-refractivity contribution is 0.194. The third-order valence-corrected chi connectivity index (χ3v) is 6.07. The minimum atomic E-state index is -0.689. The molecule has 33 heavy (non-hydrogen) atoms. The number of hydrogen-bond acceptors (Lipinski definition) is 1. The third kappa shape index (κ3) is 3.89. The first-order valence-electron chi connectivity index (χ1n) is 10.9. The van der Waals surface area contributed by atoms with E-state index in [1.807, 2.05) is 78.4 Å². The summed E-state index contributed by atoms with van der Waals surface area (Å²) in [6, 6.07) is 21.6. The molecule has 6 heteroatoms. The predicted octanol–water partition coefficient (Wildman–Crippen LogP) is 6.46. The summed E-state index contributed by atoms with van der Waals surface area (Å²) in [4.78, 5) is 15.3. The topological polar surface area (TPSA) is 37.3 Å². The normalized spacial score (nSPS) is 14.9. The van der Waals surface area contributed by atoms with Crippen molar-refractivity contribution in [2.24, 2.45) is 0 Å². The van der Waals surface area contributed by atoms with Crippen molar-refractivity contribution >= 4 is 11.7 Å². The first kappa shape index (κ1) is 20.9. The van der Waals surface area contributed by atoms with Gasteiger partial charge in [-0.25, -0.2) is 13.6 Å². The van der Waals surface area contributed by atoms with E-state index in [-0.39, 0.29) is 12.6 Å². The van der Waals surface area contributed by atoms with E-state index in [0.717, 1.165) is 40.7 Å². The Balaban J connectivity index is 1.66. The number of carbonyl (C=O) groups excluding carboxylic acids is 1. The van der Waals surface area contributed by atoms with Crippen LogP contribution in [-0.4, -0.2) is 15.5 Å². The second-order valence-corrected chi connectivity index (χ2v) is 8.11. The molecule has 0 spiro atoms. The van der Waals surface area contributed by atoms with Crippen LogP contribution < -0.4 is 5.32 Å². The molecule has 0 saturated carbocycles. The van der Waals surface area contributed by atoms with Crippen molar-refractivity contribution in [3.63, 3.8) is 0 Å². The predicted molar refractivity (Wildman–Crippen MR) is 124 cm³/mol. The highest BCUT2D eigenvalue weighted by Gasteiger charge is 2.33. The first-order chi connectivity index (χ1) is 16.0. The Kier molecular flexibility index (Phi) is 5.42. The van der Waals surface area contributed by atoms with Crippen molar-refractivity contribution in [2.75, 3.05) is 5.32 Å². The fourth-order valence-electron chi connectivity index (χ4n) is 4.56. The van der Waals surface area contributed by atoms with Crippen LogP contribution in [0.5, 0.6) is 0 Å². The minimum absolute atomic E-state index is 0.279. The number of carbonyl (C=O) groups is 1. The number of halogens is 2. The number of nitrogens with zero attached hydrogens (tertiary/aromatic N) is 2. The zero-order valence-corrected chi connectivity index (χ0v) is 18.1. The van der Waals surface area contributed by atoms with Crippen molar-refractivity contribution in [1.82, 2.24) is 9.47 Å². The van der Waals surface area contributed by atoms with Gasteiger partial charge in [-0.15, -0.1) is 0 Å². The summed E-state index contributed by atoms with van der Waals surface area (Å²) in [5, 5.41) is 3.03. The molecule has 1 N–H and O–H groups in total. The zero-order valence-electron chi connectivity index (χ0n) is 18.1. The molecule has 0 fully saturated rings. The van der Waals surface area contributed by atoms with Crippen LogP contribution in [0.2, 0.25) is 0 Å². The lowest BCUT2D eigenvalue weighted by atomic mass is 10.0. The molecule has 1 aliphatic rings. The quantitative estimate of drug-likeness (QED) is 0.388. The molecule has 2 amide bonds. The van der Waals surface area contributed by atoms with E-state index in [1.54, 1.807) is 4.90 Å². The summed E-state index contributed by atoms with van der Waals surface area (Å²) in [7, 11) is 0. The monoisotopic (exact) mass is 443 g/mol. The minimum Gasteiger partial charge on any atom is -0.318 e. The van der Waals surface area contributed by atoms with Crippen molar-refractivity contribution in [3.05, 3.63) is 119 Å². The van der Waals surface area contributed by atoms with Crippen LogP contribution in [0.25, 0.3) is 5.69 Å². The fourth-order valence-corrected chi connectivity index (χ4v) is 4.56. The molecule has 4 nitrogen and oxygen atoms in total. The molecule has 4 aromatic rings. The standard InChI is InChI=1S/C27H23F2N3O/c1-2-18-8-3-5-10-23(18)30-27(33)32-17-19-9-4-6-11-24(19)31-13-7-12-25(31)26(32)20-14-21(28)16-22(29)15-20/h3-16,26H,2,17H2,1H3,(H,30,33)/t26-/m1/s1. The summed E-state index contributed by atoms with van der Waals surface area (Å²) in [5.41, 5.74) is 4.74. The second kappa shape index (κ2) is 8.54. The number of amides is 2. The smallest absolute Gasteiger partial charge is 0.318 e. The van der Waals surface area contributed by atoms with E-state index in [4.69, 9.17) is 0 Å². The van der Waals surface area contributed by atoms with Crippen molar-refractivity contribution in [3.8, 4) is 5.69 Å². The number of rotatable bonds is 3. The molecule has 3 aromatic carbocycles. The highest BCUT2D eigenvalue weighted by atomic mass is 19.1. The number of aromatic nitrogens is 1. The summed E-state index contributed by atoms with van der Waals surface area (Å²) in [5.74, 6) is -1.36. The van der Waals surface area contributed by atoms with Crippen LogP contribution in [-0.2, 0) is 13.0 Å². The molecular formula is C27H23F2N3O. The molecule has 1 atom stereocenters. The van der Waals surface area contributed by atoms with Gasteiger partial charge in [0.05, 0.1) is 18.3 Å². The molecular weight excluding hydrogens is 420 g/mol. The lowest BCUT2D eigenvalue weighted by Gasteiger charge is -2.31. The van der Waals surface area contributed by atoms with Crippen LogP contribution in [0.1, 0.15) is 35.3 Å². The summed E-state index contributed by atoms with van der Waals surface area (Å²) >= 11 is 0. The molecule has 0 radical (unpaired) electrons. The molecule has 0 bridgehead atoms. The average molecular weight is 443 g/mol. The molecule has 0 aliphatic carbocycles. The van der Waals surface area contributed by atoms with Gasteiger partial charge in [0.2, 0.25) is 0 Å². The van der Waals surface area contributed by atoms with Crippen molar-refractivity contribution in [2.45, 2.75) is 25.9 Å². The average Bonchev–Trinajstić information content (AvgIpc) is 3.22. The molecule has 1 aromatic heterocycles. The molecule has 0 saturated heterocycles. The Morgan fingerprint density at radius 3 is 2.48 bits per heavy atom. The van der Waals surface area contributed by atoms with Gasteiger partial charge in [0.25, 0.3) is 0 Å². The SMILES string of the molecule is CCc1ccccc1NC(=O)N1Cc2ccccc2-n2cccc2[C@H]1c1cc(F)cc(F)c1. The van der Waals surface area contributed by atoms with E-state index in [9.17, 15) is 13.6 Å². The van der Waals surface area contributed by atoms with E-state index >= 15 is 0 Å². The summed E-state index contributed by atoms with van der Waals surface area (Å²) in [6.45, 7) is 2.30. The number of urea groups is 1. The van der Waals surface area contributed by atoms with E-state index in [1.165, 1.54) is 12.1 Å².